The van der Waals surface area contributed by atoms with Gasteiger partial charge in [0.1, 0.15) is 5.69 Å². The number of rotatable bonds is 5. The van der Waals surface area contributed by atoms with Gasteiger partial charge in [-0.3, -0.25) is 10.1 Å². The molecule has 0 radical (unpaired) electrons. The Labute approximate surface area is 165 Å². The topological polar surface area (TPSA) is 83.1 Å². The van der Waals surface area contributed by atoms with Crippen molar-refractivity contribution in [3.8, 4) is 0 Å². The lowest BCUT2D eigenvalue weighted by Crippen LogP contribution is -2.19. The molecule has 0 aliphatic rings. The number of nitrogens with one attached hydrogen (secondary N) is 3. The van der Waals surface area contributed by atoms with Crippen molar-refractivity contribution in [2.75, 3.05) is 22.2 Å². The van der Waals surface area contributed by atoms with Crippen molar-refractivity contribution < 1.29 is 9.59 Å². The Kier molecular flexibility index (Phi) is 6.10. The Balaban J connectivity index is 1.62. The van der Waals surface area contributed by atoms with Crippen LogP contribution in [0.4, 0.5) is 21.3 Å². The first kappa shape index (κ1) is 18.9. The van der Waals surface area contributed by atoms with E-state index in [4.69, 9.17) is 0 Å². The van der Waals surface area contributed by atoms with Crippen molar-refractivity contribution in [3.63, 3.8) is 0 Å². The lowest BCUT2D eigenvalue weighted by atomic mass is 10.2. The van der Waals surface area contributed by atoms with Gasteiger partial charge in [0.15, 0.2) is 5.13 Å². The summed E-state index contributed by atoms with van der Waals surface area (Å²) in [7, 11) is 0. The van der Waals surface area contributed by atoms with Gasteiger partial charge in [-0.05, 0) is 43.0 Å². The first-order chi connectivity index (χ1) is 13.0. The molecule has 3 rings (SSSR count). The zero-order valence-electron chi connectivity index (χ0n) is 14.8. The zero-order chi connectivity index (χ0) is 19.2. The minimum Gasteiger partial charge on any atom is -0.320 e. The van der Waals surface area contributed by atoms with Crippen LogP contribution in [0, 0.1) is 6.92 Å². The fourth-order valence-electron chi connectivity index (χ4n) is 2.35. The summed E-state index contributed by atoms with van der Waals surface area (Å²) in [5.41, 5.74) is 2.72. The zero-order valence-corrected chi connectivity index (χ0v) is 16.4. The van der Waals surface area contributed by atoms with Crippen molar-refractivity contribution in [1.82, 2.24) is 4.98 Å². The van der Waals surface area contributed by atoms with E-state index in [0.29, 0.717) is 10.8 Å². The van der Waals surface area contributed by atoms with Crippen LogP contribution in [-0.2, 0) is 0 Å². The fraction of sp³-hybridized carbons (Fsp3) is 0.105. The van der Waals surface area contributed by atoms with Crippen molar-refractivity contribution in [3.05, 3.63) is 65.2 Å². The number of para-hydroxylation sites is 1. The van der Waals surface area contributed by atoms with E-state index in [1.165, 1.54) is 11.3 Å². The van der Waals surface area contributed by atoms with Crippen molar-refractivity contribution in [2.24, 2.45) is 0 Å². The monoisotopic (exact) mass is 398 g/mol. The summed E-state index contributed by atoms with van der Waals surface area (Å²) >= 11 is 2.74. The maximum atomic E-state index is 12.4. The van der Waals surface area contributed by atoms with E-state index in [1.54, 1.807) is 23.2 Å². The Morgan fingerprint density at radius 3 is 2.63 bits per heavy atom. The van der Waals surface area contributed by atoms with Gasteiger partial charge in [-0.2, -0.15) is 0 Å². The van der Waals surface area contributed by atoms with Crippen LogP contribution in [0.2, 0.25) is 0 Å². The number of aromatic nitrogens is 1. The summed E-state index contributed by atoms with van der Waals surface area (Å²) in [6.45, 7) is 1.95. The van der Waals surface area contributed by atoms with E-state index in [1.807, 2.05) is 55.6 Å². The minimum atomic E-state index is -0.408. The van der Waals surface area contributed by atoms with Crippen molar-refractivity contribution in [2.45, 2.75) is 11.8 Å². The van der Waals surface area contributed by atoms with Crippen LogP contribution in [0.5, 0.6) is 0 Å². The summed E-state index contributed by atoms with van der Waals surface area (Å²) in [6.07, 6.45) is 1.95. The molecular formula is C19H18N4O2S2. The van der Waals surface area contributed by atoms with Gasteiger partial charge >= 0.3 is 6.03 Å². The van der Waals surface area contributed by atoms with Crippen LogP contribution >= 0.6 is 23.1 Å². The summed E-state index contributed by atoms with van der Waals surface area (Å²) in [4.78, 5) is 29.7. The number of benzene rings is 2. The van der Waals surface area contributed by atoms with Crippen LogP contribution in [-0.4, -0.2) is 23.2 Å². The highest BCUT2D eigenvalue weighted by atomic mass is 32.2. The fourth-order valence-corrected chi connectivity index (χ4v) is 3.59. The molecule has 0 unspecified atom stereocenters. The second-order valence-electron chi connectivity index (χ2n) is 5.64. The molecule has 8 heteroatoms. The molecule has 0 aliphatic carbocycles. The quantitative estimate of drug-likeness (QED) is 0.524. The number of anilines is 3. The van der Waals surface area contributed by atoms with Gasteiger partial charge in [-0.15, -0.1) is 23.1 Å². The second-order valence-corrected chi connectivity index (χ2v) is 7.35. The number of carbonyl (C=O) groups excluding carboxylic acids is 2. The predicted molar refractivity (Wildman–Crippen MR) is 112 cm³/mol. The summed E-state index contributed by atoms with van der Waals surface area (Å²) in [6, 6.07) is 14.6. The third-order valence-corrected chi connectivity index (χ3v) is 5.14. The van der Waals surface area contributed by atoms with Gasteiger partial charge in [0, 0.05) is 16.0 Å². The van der Waals surface area contributed by atoms with Gasteiger partial charge < -0.3 is 10.6 Å². The predicted octanol–water partition coefficient (Wildman–Crippen LogP) is 5.07. The van der Waals surface area contributed by atoms with E-state index in [-0.39, 0.29) is 11.6 Å². The Hall–Kier alpha value is -2.84. The SMILES string of the molecule is CSc1ccccc1NC(=O)c1csc(NC(=O)Nc2cccc(C)c2)n1. The highest BCUT2D eigenvalue weighted by Crippen LogP contribution is 2.25. The van der Waals surface area contributed by atoms with Crippen LogP contribution in [0.15, 0.2) is 58.8 Å². The Morgan fingerprint density at radius 2 is 1.85 bits per heavy atom. The van der Waals surface area contributed by atoms with Gasteiger partial charge in [-0.1, -0.05) is 24.3 Å². The van der Waals surface area contributed by atoms with E-state index >= 15 is 0 Å². The van der Waals surface area contributed by atoms with E-state index in [0.717, 1.165) is 16.1 Å². The first-order valence-electron chi connectivity index (χ1n) is 8.10. The molecule has 2 aromatic carbocycles. The maximum absolute atomic E-state index is 12.4. The molecular weight excluding hydrogens is 380 g/mol. The molecule has 0 spiro atoms. The maximum Gasteiger partial charge on any atom is 0.325 e. The number of aryl methyl sites for hydroxylation is 1. The molecule has 27 heavy (non-hydrogen) atoms. The molecule has 0 fully saturated rings. The average molecular weight is 399 g/mol. The standard InChI is InChI=1S/C19H18N4O2S2/c1-12-6-5-7-13(10-12)20-18(25)23-19-22-15(11-27-19)17(24)21-14-8-3-4-9-16(14)26-2/h3-11H,1-2H3,(H,21,24)(H2,20,22,23,25). The van der Waals surface area contributed by atoms with E-state index in [2.05, 4.69) is 20.9 Å². The number of thioether (sulfide) groups is 1. The molecule has 3 N–H and O–H groups in total. The highest BCUT2D eigenvalue weighted by Gasteiger charge is 2.14. The van der Waals surface area contributed by atoms with Crippen molar-refractivity contribution >= 4 is 51.5 Å². The first-order valence-corrected chi connectivity index (χ1v) is 10.2. The number of amides is 3. The van der Waals surface area contributed by atoms with Crippen LogP contribution in [0.1, 0.15) is 16.1 Å². The molecule has 0 saturated carbocycles. The number of nitrogens with zero attached hydrogens (tertiary/aromatic N) is 1. The average Bonchev–Trinajstić information content (AvgIpc) is 3.10. The van der Waals surface area contributed by atoms with E-state index in [9.17, 15) is 9.59 Å². The lowest BCUT2D eigenvalue weighted by Gasteiger charge is -2.07. The number of urea groups is 1. The number of hydrogen-bond donors (Lipinski definition) is 3. The molecule has 138 valence electrons. The summed E-state index contributed by atoms with van der Waals surface area (Å²) < 4.78 is 0. The lowest BCUT2D eigenvalue weighted by molar-refractivity contribution is 0.102. The van der Waals surface area contributed by atoms with Crippen LogP contribution in [0.25, 0.3) is 0 Å². The molecule has 3 amide bonds. The molecule has 0 aliphatic heterocycles. The van der Waals surface area contributed by atoms with Crippen LogP contribution < -0.4 is 16.0 Å². The molecule has 3 aromatic rings. The third-order valence-electron chi connectivity index (χ3n) is 3.59. The Morgan fingerprint density at radius 1 is 1.04 bits per heavy atom. The Bertz CT molecular complexity index is 972. The minimum absolute atomic E-state index is 0.252. The largest absolute Gasteiger partial charge is 0.325 e. The summed E-state index contributed by atoms with van der Waals surface area (Å²) in [5.74, 6) is -0.320. The third kappa shape index (κ3) is 5.08. The van der Waals surface area contributed by atoms with E-state index < -0.39 is 6.03 Å². The van der Waals surface area contributed by atoms with Gasteiger partial charge in [0.25, 0.3) is 5.91 Å². The molecule has 1 aromatic heterocycles. The van der Waals surface area contributed by atoms with Crippen molar-refractivity contribution in [1.29, 1.82) is 0 Å². The number of carbonyl (C=O) groups is 2. The summed E-state index contributed by atoms with van der Waals surface area (Å²) in [5, 5.41) is 10.2. The number of thiazole rings is 1. The molecule has 0 saturated heterocycles. The molecule has 1 heterocycles. The van der Waals surface area contributed by atoms with Crippen LogP contribution in [0.3, 0.4) is 0 Å². The molecule has 6 nitrogen and oxygen atoms in total. The number of hydrogen-bond acceptors (Lipinski definition) is 5. The van der Waals surface area contributed by atoms with Gasteiger partial charge in [0.2, 0.25) is 0 Å². The highest BCUT2D eigenvalue weighted by molar-refractivity contribution is 7.98. The molecule has 0 atom stereocenters. The second kappa shape index (κ2) is 8.70. The normalized spacial score (nSPS) is 10.3. The van der Waals surface area contributed by atoms with Gasteiger partial charge in [0.05, 0.1) is 5.69 Å². The smallest absolute Gasteiger partial charge is 0.320 e. The van der Waals surface area contributed by atoms with Gasteiger partial charge in [-0.25, -0.2) is 9.78 Å². The molecule has 0 bridgehead atoms.